The van der Waals surface area contributed by atoms with E-state index in [1.807, 2.05) is 20.8 Å². The molecule has 0 aromatic rings. The number of ether oxygens (including phenoxy) is 1. The summed E-state index contributed by atoms with van der Waals surface area (Å²) in [4.78, 5) is 12.0. The third kappa shape index (κ3) is 2.87. The van der Waals surface area contributed by atoms with Gasteiger partial charge in [-0.05, 0) is 46.0 Å². The monoisotopic (exact) mass is 224 g/mol. The first-order valence-electron chi connectivity index (χ1n) is 5.93. The van der Waals surface area contributed by atoms with E-state index in [-0.39, 0.29) is 22.9 Å². The van der Waals surface area contributed by atoms with Gasteiger partial charge in [0, 0.05) is 0 Å². The van der Waals surface area contributed by atoms with Crippen molar-refractivity contribution >= 4 is 5.97 Å². The van der Waals surface area contributed by atoms with E-state index in [0.717, 1.165) is 0 Å². The second-order valence-electron chi connectivity index (χ2n) is 6.60. The van der Waals surface area contributed by atoms with Gasteiger partial charge in [0.05, 0.1) is 5.92 Å². The Kier molecular flexibility index (Phi) is 3.24. The third-order valence-electron chi connectivity index (χ3n) is 3.08. The van der Waals surface area contributed by atoms with Gasteiger partial charge in [-0.1, -0.05) is 25.5 Å². The fraction of sp³-hybridized carbons (Fsp3) is 0.786. The molecule has 0 aromatic heterocycles. The van der Waals surface area contributed by atoms with Crippen molar-refractivity contribution in [2.24, 2.45) is 17.3 Å². The van der Waals surface area contributed by atoms with Crippen LogP contribution < -0.4 is 0 Å². The molecule has 1 saturated carbocycles. The van der Waals surface area contributed by atoms with Crippen LogP contribution in [-0.4, -0.2) is 11.6 Å². The SMILES string of the molecule is CC(C)=C[C@@H]1C(C(=O)OC(C)(C)C)C1(C)C. The van der Waals surface area contributed by atoms with E-state index in [2.05, 4.69) is 33.8 Å². The maximum absolute atomic E-state index is 12.0. The van der Waals surface area contributed by atoms with Crippen LogP contribution in [-0.2, 0) is 9.53 Å². The summed E-state index contributed by atoms with van der Waals surface area (Å²) >= 11 is 0. The number of hydrogen-bond donors (Lipinski definition) is 0. The van der Waals surface area contributed by atoms with Crippen molar-refractivity contribution in [3.63, 3.8) is 0 Å². The lowest BCUT2D eigenvalue weighted by Gasteiger charge is -2.19. The van der Waals surface area contributed by atoms with Gasteiger partial charge in [-0.15, -0.1) is 0 Å². The highest BCUT2D eigenvalue weighted by molar-refractivity contribution is 5.78. The highest BCUT2D eigenvalue weighted by Crippen LogP contribution is 2.60. The van der Waals surface area contributed by atoms with E-state index < -0.39 is 0 Å². The number of rotatable bonds is 2. The molecule has 0 N–H and O–H groups in total. The highest BCUT2D eigenvalue weighted by atomic mass is 16.6. The third-order valence-corrected chi connectivity index (χ3v) is 3.08. The molecule has 0 spiro atoms. The first kappa shape index (κ1) is 13.3. The molecule has 16 heavy (non-hydrogen) atoms. The molecule has 0 radical (unpaired) electrons. The zero-order valence-corrected chi connectivity index (χ0v) is 11.5. The van der Waals surface area contributed by atoms with Gasteiger partial charge in [0.15, 0.2) is 0 Å². The molecule has 0 heterocycles. The lowest BCUT2D eigenvalue weighted by molar-refractivity contribution is -0.157. The standard InChI is InChI=1S/C14H24O2/c1-9(2)8-10-11(14(10,6)7)12(15)16-13(3,4)5/h8,10-11H,1-7H3/t10-,11?/m1/s1. The fourth-order valence-corrected chi connectivity index (χ4v) is 2.16. The first-order valence-corrected chi connectivity index (χ1v) is 5.93. The lowest BCUT2D eigenvalue weighted by atomic mass is 10.1. The second kappa shape index (κ2) is 3.90. The van der Waals surface area contributed by atoms with Crippen molar-refractivity contribution < 1.29 is 9.53 Å². The average molecular weight is 224 g/mol. The Labute approximate surface area is 99.1 Å². The van der Waals surface area contributed by atoms with Crippen LogP contribution in [0.3, 0.4) is 0 Å². The molecular formula is C14H24O2. The minimum Gasteiger partial charge on any atom is -0.460 e. The topological polar surface area (TPSA) is 26.3 Å². The summed E-state index contributed by atoms with van der Waals surface area (Å²) in [5.74, 6) is 0.314. The molecule has 0 aromatic carbocycles. The molecule has 0 aliphatic heterocycles. The largest absolute Gasteiger partial charge is 0.460 e. The highest BCUT2D eigenvalue weighted by Gasteiger charge is 2.61. The summed E-state index contributed by atoms with van der Waals surface area (Å²) in [6, 6.07) is 0. The van der Waals surface area contributed by atoms with Gasteiger partial charge < -0.3 is 4.74 Å². The molecular weight excluding hydrogens is 200 g/mol. The Morgan fingerprint density at radius 2 is 1.75 bits per heavy atom. The normalized spacial score (nSPS) is 27.2. The number of hydrogen-bond acceptors (Lipinski definition) is 2. The van der Waals surface area contributed by atoms with Crippen LogP contribution in [0, 0.1) is 17.3 Å². The van der Waals surface area contributed by atoms with Crippen LogP contribution in [0.4, 0.5) is 0 Å². The molecule has 2 heteroatoms. The van der Waals surface area contributed by atoms with Gasteiger partial charge >= 0.3 is 5.97 Å². The van der Waals surface area contributed by atoms with Crippen molar-refractivity contribution in [3.05, 3.63) is 11.6 Å². The zero-order chi connectivity index (χ0) is 12.7. The van der Waals surface area contributed by atoms with Gasteiger partial charge in [0.2, 0.25) is 0 Å². The van der Waals surface area contributed by atoms with Gasteiger partial charge in [-0.25, -0.2) is 0 Å². The van der Waals surface area contributed by atoms with Crippen LogP contribution in [0.25, 0.3) is 0 Å². The molecule has 1 unspecified atom stereocenters. The van der Waals surface area contributed by atoms with Crippen molar-refractivity contribution in [2.45, 2.75) is 54.1 Å². The first-order chi connectivity index (χ1) is 7.05. The van der Waals surface area contributed by atoms with Crippen LogP contribution in [0.15, 0.2) is 11.6 Å². The van der Waals surface area contributed by atoms with Gasteiger partial charge in [0.1, 0.15) is 5.60 Å². The van der Waals surface area contributed by atoms with Crippen molar-refractivity contribution in [3.8, 4) is 0 Å². The number of allylic oxidation sites excluding steroid dienone is 2. The molecule has 2 nitrogen and oxygen atoms in total. The predicted octanol–water partition coefficient (Wildman–Crippen LogP) is 3.57. The van der Waals surface area contributed by atoms with E-state index >= 15 is 0 Å². The molecule has 0 saturated heterocycles. The van der Waals surface area contributed by atoms with Gasteiger partial charge in [-0.2, -0.15) is 0 Å². The Morgan fingerprint density at radius 3 is 2.12 bits per heavy atom. The van der Waals surface area contributed by atoms with Crippen LogP contribution in [0.1, 0.15) is 48.5 Å². The van der Waals surface area contributed by atoms with E-state index in [0.29, 0.717) is 5.92 Å². The summed E-state index contributed by atoms with van der Waals surface area (Å²) in [6.07, 6.45) is 2.19. The van der Waals surface area contributed by atoms with Crippen LogP contribution in [0.2, 0.25) is 0 Å². The summed E-state index contributed by atoms with van der Waals surface area (Å²) < 4.78 is 5.44. The van der Waals surface area contributed by atoms with Gasteiger partial charge in [-0.3, -0.25) is 4.79 Å². The Bertz CT molecular complexity index is 314. The summed E-state index contributed by atoms with van der Waals surface area (Å²) in [6.45, 7) is 14.1. The minimum absolute atomic E-state index is 0.0293. The molecule has 1 aliphatic rings. The summed E-state index contributed by atoms with van der Waals surface area (Å²) in [7, 11) is 0. The quantitative estimate of drug-likeness (QED) is 0.529. The molecule has 1 aliphatic carbocycles. The maximum atomic E-state index is 12.0. The summed E-state index contributed by atoms with van der Waals surface area (Å²) in [5, 5.41) is 0. The number of esters is 1. The molecule has 1 rings (SSSR count). The Morgan fingerprint density at radius 1 is 1.25 bits per heavy atom. The molecule has 0 bridgehead atoms. The molecule has 92 valence electrons. The van der Waals surface area contributed by atoms with Crippen molar-refractivity contribution in [2.75, 3.05) is 0 Å². The zero-order valence-electron chi connectivity index (χ0n) is 11.5. The van der Waals surface area contributed by atoms with Gasteiger partial charge in [0.25, 0.3) is 0 Å². The molecule has 0 amide bonds. The van der Waals surface area contributed by atoms with E-state index in [1.54, 1.807) is 0 Å². The molecule has 1 fully saturated rings. The second-order valence-corrected chi connectivity index (χ2v) is 6.60. The van der Waals surface area contributed by atoms with Crippen molar-refractivity contribution in [1.82, 2.24) is 0 Å². The van der Waals surface area contributed by atoms with E-state index in [9.17, 15) is 4.79 Å². The summed E-state index contributed by atoms with van der Waals surface area (Å²) in [5.41, 5.74) is 0.939. The smallest absolute Gasteiger partial charge is 0.310 e. The Balaban J connectivity index is 2.70. The minimum atomic E-state index is -0.384. The van der Waals surface area contributed by atoms with Crippen LogP contribution in [0.5, 0.6) is 0 Å². The Hall–Kier alpha value is -0.790. The number of carbonyl (C=O) groups is 1. The maximum Gasteiger partial charge on any atom is 0.310 e. The fourth-order valence-electron chi connectivity index (χ4n) is 2.16. The van der Waals surface area contributed by atoms with E-state index in [1.165, 1.54) is 5.57 Å². The average Bonchev–Trinajstić information content (AvgIpc) is 2.47. The van der Waals surface area contributed by atoms with Crippen LogP contribution >= 0.6 is 0 Å². The number of carbonyl (C=O) groups excluding carboxylic acids is 1. The van der Waals surface area contributed by atoms with Crippen molar-refractivity contribution in [1.29, 1.82) is 0 Å². The molecule has 2 atom stereocenters. The lowest BCUT2D eigenvalue weighted by Crippen LogP contribution is -2.26. The van der Waals surface area contributed by atoms with E-state index in [4.69, 9.17) is 4.74 Å². The predicted molar refractivity (Wildman–Crippen MR) is 66.0 cm³/mol.